The number of carbonyl (C=O) groups is 1. The molecular weight excluding hydrogens is 238 g/mol. The number of rotatable bonds is 11. The SMILES string of the molecule is CCCCNC(=O)CN(CCC)C(CC)(CC)CN. The lowest BCUT2D eigenvalue weighted by molar-refractivity contribution is -0.124. The summed E-state index contributed by atoms with van der Waals surface area (Å²) in [7, 11) is 0. The second-order valence-corrected chi connectivity index (χ2v) is 5.26. The standard InChI is InChI=1S/C15H33N3O/c1-5-9-10-17-14(19)12-18(11-6-2)15(7-3,8-4)13-16/h5-13,16H2,1-4H3,(H,17,19). The highest BCUT2D eigenvalue weighted by Gasteiger charge is 2.32. The second-order valence-electron chi connectivity index (χ2n) is 5.26. The summed E-state index contributed by atoms with van der Waals surface area (Å²) < 4.78 is 0. The van der Waals surface area contributed by atoms with Gasteiger partial charge in [-0.2, -0.15) is 0 Å². The van der Waals surface area contributed by atoms with Crippen LogP contribution in [-0.2, 0) is 4.79 Å². The Morgan fingerprint density at radius 2 is 1.79 bits per heavy atom. The lowest BCUT2D eigenvalue weighted by atomic mass is 9.90. The zero-order chi connectivity index (χ0) is 14.7. The number of nitrogens with two attached hydrogens (primary N) is 1. The van der Waals surface area contributed by atoms with E-state index in [4.69, 9.17) is 5.73 Å². The molecule has 0 saturated heterocycles. The minimum absolute atomic E-state index is 0.0297. The van der Waals surface area contributed by atoms with E-state index in [0.717, 1.165) is 45.2 Å². The minimum Gasteiger partial charge on any atom is -0.355 e. The Bertz CT molecular complexity index is 231. The third-order valence-corrected chi connectivity index (χ3v) is 4.05. The molecule has 4 heteroatoms. The van der Waals surface area contributed by atoms with Gasteiger partial charge in [0.1, 0.15) is 0 Å². The first-order valence-electron chi connectivity index (χ1n) is 7.81. The number of nitrogens with zero attached hydrogens (tertiary/aromatic N) is 1. The van der Waals surface area contributed by atoms with Crippen LogP contribution in [0.4, 0.5) is 0 Å². The summed E-state index contributed by atoms with van der Waals surface area (Å²) in [5, 5.41) is 3.00. The molecule has 114 valence electrons. The maximum Gasteiger partial charge on any atom is 0.234 e. The fourth-order valence-electron chi connectivity index (χ4n) is 2.50. The second kappa shape index (κ2) is 10.2. The van der Waals surface area contributed by atoms with Crippen molar-refractivity contribution >= 4 is 5.91 Å². The van der Waals surface area contributed by atoms with E-state index in [0.29, 0.717) is 13.1 Å². The van der Waals surface area contributed by atoms with Crippen LogP contribution in [0.15, 0.2) is 0 Å². The number of hydrogen-bond acceptors (Lipinski definition) is 3. The molecule has 0 atom stereocenters. The van der Waals surface area contributed by atoms with Crippen molar-refractivity contribution in [1.29, 1.82) is 0 Å². The first-order chi connectivity index (χ1) is 9.10. The Hall–Kier alpha value is -0.610. The average molecular weight is 271 g/mol. The zero-order valence-electron chi connectivity index (χ0n) is 13.3. The molecule has 0 aromatic carbocycles. The molecule has 0 aromatic rings. The van der Waals surface area contributed by atoms with Gasteiger partial charge in [0, 0.05) is 18.6 Å². The molecule has 0 unspecified atom stereocenters. The lowest BCUT2D eigenvalue weighted by Gasteiger charge is -2.42. The van der Waals surface area contributed by atoms with Gasteiger partial charge in [0.15, 0.2) is 0 Å². The van der Waals surface area contributed by atoms with Crippen molar-refractivity contribution in [3.8, 4) is 0 Å². The van der Waals surface area contributed by atoms with Crippen molar-refractivity contribution in [1.82, 2.24) is 10.2 Å². The van der Waals surface area contributed by atoms with Crippen molar-refractivity contribution in [2.24, 2.45) is 5.73 Å². The van der Waals surface area contributed by atoms with Gasteiger partial charge in [0.25, 0.3) is 0 Å². The van der Waals surface area contributed by atoms with Crippen LogP contribution in [0, 0.1) is 0 Å². The molecule has 0 aromatic heterocycles. The third-order valence-electron chi connectivity index (χ3n) is 4.05. The Morgan fingerprint density at radius 3 is 2.21 bits per heavy atom. The van der Waals surface area contributed by atoms with E-state index in [9.17, 15) is 4.79 Å². The summed E-state index contributed by atoms with van der Waals surface area (Å²) in [6, 6.07) is 0. The van der Waals surface area contributed by atoms with Crippen molar-refractivity contribution in [2.45, 2.75) is 65.3 Å². The molecule has 1 amide bonds. The zero-order valence-corrected chi connectivity index (χ0v) is 13.3. The predicted octanol–water partition coefficient (Wildman–Crippen LogP) is 2.13. The van der Waals surface area contributed by atoms with E-state index >= 15 is 0 Å². The molecule has 0 aliphatic carbocycles. The number of amides is 1. The molecule has 0 spiro atoms. The fraction of sp³-hybridized carbons (Fsp3) is 0.933. The van der Waals surface area contributed by atoms with Gasteiger partial charge in [-0.1, -0.05) is 34.1 Å². The van der Waals surface area contributed by atoms with Gasteiger partial charge in [-0.25, -0.2) is 0 Å². The van der Waals surface area contributed by atoms with Crippen LogP contribution in [-0.4, -0.2) is 42.5 Å². The molecule has 0 radical (unpaired) electrons. The Labute approximate surface area is 119 Å². The summed E-state index contributed by atoms with van der Waals surface area (Å²) >= 11 is 0. The molecule has 0 saturated carbocycles. The van der Waals surface area contributed by atoms with E-state index in [1.165, 1.54) is 0 Å². The average Bonchev–Trinajstić information content (AvgIpc) is 2.42. The van der Waals surface area contributed by atoms with E-state index < -0.39 is 0 Å². The smallest absolute Gasteiger partial charge is 0.234 e. The predicted molar refractivity (Wildman–Crippen MR) is 82.1 cm³/mol. The van der Waals surface area contributed by atoms with Crippen LogP contribution in [0.25, 0.3) is 0 Å². The summed E-state index contributed by atoms with van der Waals surface area (Å²) in [5.74, 6) is 0.127. The number of unbranched alkanes of at least 4 members (excludes halogenated alkanes) is 1. The molecule has 0 bridgehead atoms. The highest BCUT2D eigenvalue weighted by Crippen LogP contribution is 2.22. The van der Waals surface area contributed by atoms with Gasteiger partial charge in [0.05, 0.1) is 6.54 Å². The van der Waals surface area contributed by atoms with Crippen molar-refractivity contribution in [3.05, 3.63) is 0 Å². The molecule has 0 heterocycles. The minimum atomic E-state index is -0.0297. The monoisotopic (exact) mass is 271 g/mol. The van der Waals surface area contributed by atoms with Gasteiger partial charge >= 0.3 is 0 Å². The summed E-state index contributed by atoms with van der Waals surface area (Å²) in [6.07, 6.45) is 5.17. The van der Waals surface area contributed by atoms with Crippen molar-refractivity contribution in [2.75, 3.05) is 26.2 Å². The van der Waals surface area contributed by atoms with Gasteiger partial charge in [-0.15, -0.1) is 0 Å². The maximum absolute atomic E-state index is 12.0. The first-order valence-corrected chi connectivity index (χ1v) is 7.81. The molecule has 0 fully saturated rings. The molecule has 0 aliphatic heterocycles. The summed E-state index contributed by atoms with van der Waals surface area (Å²) in [6.45, 7) is 11.4. The maximum atomic E-state index is 12.0. The van der Waals surface area contributed by atoms with Crippen LogP contribution in [0.1, 0.15) is 59.8 Å². The fourth-order valence-corrected chi connectivity index (χ4v) is 2.50. The van der Waals surface area contributed by atoms with Crippen LogP contribution in [0.2, 0.25) is 0 Å². The Balaban J connectivity index is 4.57. The van der Waals surface area contributed by atoms with E-state index in [1.54, 1.807) is 0 Å². The summed E-state index contributed by atoms with van der Waals surface area (Å²) in [4.78, 5) is 14.3. The van der Waals surface area contributed by atoms with Gasteiger partial charge < -0.3 is 11.1 Å². The van der Waals surface area contributed by atoms with Crippen LogP contribution >= 0.6 is 0 Å². The Morgan fingerprint density at radius 1 is 1.16 bits per heavy atom. The number of carbonyl (C=O) groups excluding carboxylic acids is 1. The molecule has 19 heavy (non-hydrogen) atoms. The first kappa shape index (κ1) is 18.4. The normalized spacial score (nSPS) is 11.9. The van der Waals surface area contributed by atoms with Crippen molar-refractivity contribution < 1.29 is 4.79 Å². The summed E-state index contributed by atoms with van der Waals surface area (Å²) in [5.41, 5.74) is 5.95. The highest BCUT2D eigenvalue weighted by molar-refractivity contribution is 5.78. The van der Waals surface area contributed by atoms with Crippen molar-refractivity contribution in [3.63, 3.8) is 0 Å². The van der Waals surface area contributed by atoms with E-state index in [-0.39, 0.29) is 11.4 Å². The molecule has 0 aliphatic rings. The van der Waals surface area contributed by atoms with Gasteiger partial charge in [0.2, 0.25) is 5.91 Å². The molecule has 4 nitrogen and oxygen atoms in total. The van der Waals surface area contributed by atoms with Gasteiger partial charge in [-0.3, -0.25) is 9.69 Å². The lowest BCUT2D eigenvalue weighted by Crippen LogP contribution is -2.56. The van der Waals surface area contributed by atoms with E-state index in [1.807, 2.05) is 0 Å². The largest absolute Gasteiger partial charge is 0.355 e. The van der Waals surface area contributed by atoms with E-state index in [2.05, 4.69) is 37.9 Å². The Kier molecular flexibility index (Phi) is 9.88. The number of nitrogens with one attached hydrogen (secondary N) is 1. The highest BCUT2D eigenvalue weighted by atomic mass is 16.2. The topological polar surface area (TPSA) is 58.4 Å². The quantitative estimate of drug-likeness (QED) is 0.566. The molecule has 3 N–H and O–H groups in total. The number of hydrogen-bond donors (Lipinski definition) is 2. The molecular formula is C15H33N3O. The molecule has 0 rings (SSSR count). The van der Waals surface area contributed by atoms with Crippen LogP contribution in [0.3, 0.4) is 0 Å². The van der Waals surface area contributed by atoms with Gasteiger partial charge in [-0.05, 0) is 32.2 Å². The van der Waals surface area contributed by atoms with Crippen LogP contribution < -0.4 is 11.1 Å². The van der Waals surface area contributed by atoms with Crippen LogP contribution in [0.5, 0.6) is 0 Å². The third kappa shape index (κ3) is 5.91.